The van der Waals surface area contributed by atoms with Gasteiger partial charge in [-0.25, -0.2) is 13.8 Å². The van der Waals surface area contributed by atoms with Crippen molar-refractivity contribution in [1.82, 2.24) is 5.32 Å². The fourth-order valence-electron chi connectivity index (χ4n) is 4.39. The van der Waals surface area contributed by atoms with E-state index in [2.05, 4.69) is 5.32 Å². The smallest absolute Gasteiger partial charge is 0.404 e. The molecule has 0 unspecified atom stereocenters. The van der Waals surface area contributed by atoms with Crippen molar-refractivity contribution in [2.24, 2.45) is 11.7 Å². The minimum atomic E-state index is -4.78. The van der Waals surface area contributed by atoms with Crippen LogP contribution in [-0.2, 0) is 33.6 Å². The lowest BCUT2D eigenvalue weighted by atomic mass is 9.95. The molecule has 0 radical (unpaired) electrons. The van der Waals surface area contributed by atoms with Crippen LogP contribution >= 0.6 is 0 Å². The zero-order valence-electron chi connectivity index (χ0n) is 27.1. The first-order valence-corrected chi connectivity index (χ1v) is 16.4. The fraction of sp³-hybridized carbons (Fsp3) is 0.485. The quantitative estimate of drug-likeness (QED) is 0.0897. The van der Waals surface area contributed by atoms with Crippen LogP contribution in [0.15, 0.2) is 83.7 Å². The Labute approximate surface area is 272 Å². The predicted molar refractivity (Wildman–Crippen MR) is 175 cm³/mol. The Morgan fingerprint density at radius 1 is 1.15 bits per heavy atom. The summed E-state index contributed by atoms with van der Waals surface area (Å²) in [5.41, 5.74) is 7.81. The first-order valence-electron chi connectivity index (χ1n) is 15.0. The number of nitrogens with two attached hydrogens (primary N) is 1. The van der Waals surface area contributed by atoms with Gasteiger partial charge in [0.05, 0.1) is 6.10 Å². The zero-order valence-corrected chi connectivity index (χ0v) is 27.9. The summed E-state index contributed by atoms with van der Waals surface area (Å²) in [4.78, 5) is 36.0. The Bertz CT molecular complexity index is 1340. The number of cyclic esters (lactones) is 1. The van der Waals surface area contributed by atoms with Gasteiger partial charge in [0.15, 0.2) is 0 Å². The Hall–Kier alpha value is -3.78. The van der Waals surface area contributed by atoms with Crippen LogP contribution < -0.4 is 11.1 Å². The molecule has 1 aliphatic rings. The van der Waals surface area contributed by atoms with Gasteiger partial charge in [-0.15, -0.1) is 0 Å². The molecule has 12 nitrogen and oxygen atoms in total. The fourth-order valence-corrected chi connectivity index (χ4v) is 4.87. The molecule has 0 aromatic heterocycles. The highest BCUT2D eigenvalue weighted by Gasteiger charge is 2.22. The summed E-state index contributed by atoms with van der Waals surface area (Å²) in [5, 5.41) is 13.3. The Balaban J connectivity index is 3.23. The van der Waals surface area contributed by atoms with Gasteiger partial charge < -0.3 is 25.6 Å². The summed E-state index contributed by atoms with van der Waals surface area (Å²) < 4.78 is 47.5. The first kappa shape index (κ1) is 40.2. The Kier molecular flexibility index (Phi) is 18.5. The minimum absolute atomic E-state index is 0.141. The monoisotopic (exact) mass is 664 g/mol. The van der Waals surface area contributed by atoms with Crippen molar-refractivity contribution < 1.29 is 46.1 Å². The number of ether oxygens (including phenoxy) is 2. The molecule has 2 amide bonds. The Morgan fingerprint density at radius 3 is 2.52 bits per heavy atom. The molecule has 0 bridgehead atoms. The SMILES string of the molecule is CC(C)=CC(=O)N/C=C/C(C)=C/[C@@H](C)[C@H]1C/C(C)=C/C=C/CC[C@H](OS(=O)(=O)O)/C=C\[C@@H](O)[C@@H](OC(N)=O)CCC/C=C/C(=O)O1. The highest BCUT2D eigenvalue weighted by atomic mass is 32.3. The zero-order chi connectivity index (χ0) is 34.7. The molecule has 1 aliphatic heterocycles. The normalized spacial score (nSPS) is 26.8. The largest absolute Gasteiger partial charge is 0.458 e. The van der Waals surface area contributed by atoms with Gasteiger partial charge >= 0.3 is 22.5 Å². The van der Waals surface area contributed by atoms with Gasteiger partial charge in [-0.1, -0.05) is 66.2 Å². The molecule has 0 aromatic rings. The molecule has 0 aromatic carbocycles. The van der Waals surface area contributed by atoms with E-state index in [1.165, 1.54) is 24.3 Å². The van der Waals surface area contributed by atoms with Crippen LogP contribution in [0.4, 0.5) is 4.79 Å². The van der Waals surface area contributed by atoms with Crippen LogP contribution in [0.3, 0.4) is 0 Å². The number of allylic oxidation sites excluding steroid dienone is 7. The number of nitrogens with one attached hydrogen (secondary N) is 1. The van der Waals surface area contributed by atoms with Gasteiger partial charge in [0.1, 0.15) is 18.3 Å². The van der Waals surface area contributed by atoms with Gasteiger partial charge in [-0.2, -0.15) is 8.42 Å². The lowest BCUT2D eigenvalue weighted by Gasteiger charge is -2.22. The van der Waals surface area contributed by atoms with Crippen molar-refractivity contribution in [3.05, 3.63) is 83.7 Å². The number of amides is 2. The average Bonchev–Trinajstić information content (AvgIpc) is 2.92. The van der Waals surface area contributed by atoms with E-state index >= 15 is 0 Å². The first-order chi connectivity index (χ1) is 21.6. The highest BCUT2D eigenvalue weighted by Crippen LogP contribution is 2.21. The standard InChI is InChI=1S/C33H48N2O10S/c1-23(2)20-31(37)35-19-18-25(4)21-26(5)30-22-24(3)12-8-6-9-13-27(45-46(40,41)42)16-17-28(36)29(44-33(34)39)14-10-7-11-15-32(38)43-30/h6,8,11-12,15-21,26-30,36H,7,9-10,13-14,22H2,1-5H3,(H2,34,39)(H,35,37)(H,40,41,42)/b8-6+,15-11+,17-16-,19-18+,24-12+,25-21+/t26-,27+,28-,29+,30-/m1/s1. The molecule has 0 fully saturated rings. The number of carbonyl (C=O) groups excluding carboxylic acids is 3. The summed E-state index contributed by atoms with van der Waals surface area (Å²) in [5.74, 6) is -0.950. The maximum atomic E-state index is 12.8. The van der Waals surface area contributed by atoms with E-state index in [1.54, 1.807) is 30.5 Å². The molecule has 1 rings (SSSR count). The summed E-state index contributed by atoms with van der Waals surface area (Å²) in [6.45, 7) is 9.36. The van der Waals surface area contributed by atoms with Gasteiger partial charge in [0, 0.05) is 30.7 Å². The molecule has 13 heteroatoms. The maximum absolute atomic E-state index is 12.8. The molecule has 0 saturated heterocycles. The summed E-state index contributed by atoms with van der Waals surface area (Å²) in [6.07, 6.45) is 14.4. The second kappa shape index (κ2) is 21.1. The summed E-state index contributed by atoms with van der Waals surface area (Å²) in [6, 6.07) is 0. The van der Waals surface area contributed by atoms with E-state index in [1.807, 2.05) is 46.8 Å². The number of hydrogen-bond acceptors (Lipinski definition) is 9. The van der Waals surface area contributed by atoms with Gasteiger partial charge in [0.2, 0.25) is 5.91 Å². The van der Waals surface area contributed by atoms with Crippen molar-refractivity contribution >= 4 is 28.4 Å². The third-order valence-electron chi connectivity index (χ3n) is 6.56. The number of hydrogen-bond donors (Lipinski definition) is 4. The number of carbonyl (C=O) groups is 3. The van der Waals surface area contributed by atoms with Crippen molar-refractivity contribution in [2.75, 3.05) is 0 Å². The molecule has 0 saturated carbocycles. The second-order valence-corrected chi connectivity index (χ2v) is 12.3. The van der Waals surface area contributed by atoms with Crippen LogP contribution in [0.5, 0.6) is 0 Å². The number of primary amides is 1. The predicted octanol–water partition coefficient (Wildman–Crippen LogP) is 5.06. The van der Waals surface area contributed by atoms with Crippen LogP contribution in [0.25, 0.3) is 0 Å². The molecule has 5 N–H and O–H groups in total. The van der Waals surface area contributed by atoms with Crippen molar-refractivity contribution in [3.8, 4) is 0 Å². The molecule has 46 heavy (non-hydrogen) atoms. The lowest BCUT2D eigenvalue weighted by Crippen LogP contribution is -2.32. The molecule has 1 heterocycles. The number of aliphatic hydroxyl groups excluding tert-OH is 1. The molecule has 5 atom stereocenters. The van der Waals surface area contributed by atoms with Crippen LogP contribution in [0, 0.1) is 5.92 Å². The topological polar surface area (TPSA) is 192 Å². The van der Waals surface area contributed by atoms with E-state index in [-0.39, 0.29) is 24.7 Å². The molecule has 256 valence electrons. The van der Waals surface area contributed by atoms with Crippen LogP contribution in [-0.4, -0.2) is 60.5 Å². The minimum Gasteiger partial charge on any atom is -0.458 e. The van der Waals surface area contributed by atoms with Gasteiger partial charge in [-0.3, -0.25) is 9.35 Å². The molecular weight excluding hydrogens is 616 g/mol. The number of esters is 1. The van der Waals surface area contributed by atoms with Gasteiger partial charge in [-0.05, 0) is 65.9 Å². The third-order valence-corrected chi connectivity index (χ3v) is 7.05. The van der Waals surface area contributed by atoms with Crippen molar-refractivity contribution in [1.29, 1.82) is 0 Å². The maximum Gasteiger partial charge on any atom is 0.404 e. The number of aliphatic hydroxyl groups is 1. The van der Waals surface area contributed by atoms with Crippen LogP contribution in [0.2, 0.25) is 0 Å². The van der Waals surface area contributed by atoms with Crippen LogP contribution in [0.1, 0.15) is 73.1 Å². The number of rotatable bonds is 8. The average molecular weight is 665 g/mol. The third kappa shape index (κ3) is 19.6. The van der Waals surface area contributed by atoms with E-state index in [4.69, 9.17) is 19.4 Å². The highest BCUT2D eigenvalue weighted by molar-refractivity contribution is 7.80. The Morgan fingerprint density at radius 2 is 1.87 bits per heavy atom. The lowest BCUT2D eigenvalue weighted by molar-refractivity contribution is -0.144. The van der Waals surface area contributed by atoms with E-state index in [9.17, 15) is 32.5 Å². The van der Waals surface area contributed by atoms with E-state index < -0.39 is 46.9 Å². The molecule has 0 spiro atoms. The van der Waals surface area contributed by atoms with E-state index in [0.29, 0.717) is 25.7 Å². The van der Waals surface area contributed by atoms with Crippen molar-refractivity contribution in [2.45, 2.75) is 97.6 Å². The van der Waals surface area contributed by atoms with Crippen molar-refractivity contribution in [3.63, 3.8) is 0 Å². The second-order valence-electron chi connectivity index (χ2n) is 11.3. The van der Waals surface area contributed by atoms with Gasteiger partial charge in [0.25, 0.3) is 0 Å². The molecular formula is C33H48N2O10S. The summed E-state index contributed by atoms with van der Waals surface area (Å²) in [7, 11) is -4.78. The summed E-state index contributed by atoms with van der Waals surface area (Å²) >= 11 is 0. The molecule has 0 aliphatic carbocycles. The van der Waals surface area contributed by atoms with E-state index in [0.717, 1.165) is 16.7 Å².